The Labute approximate surface area is 118 Å². The second kappa shape index (κ2) is 6.99. The average molecular weight is 306 g/mol. The molecule has 0 spiro atoms. The van der Waals surface area contributed by atoms with Gasteiger partial charge in [-0.05, 0) is 30.2 Å². The van der Waals surface area contributed by atoms with Crippen molar-refractivity contribution < 1.29 is 17.2 Å². The van der Waals surface area contributed by atoms with Crippen molar-refractivity contribution in [3.8, 4) is 0 Å². The molecule has 0 saturated carbocycles. The fourth-order valence-electron chi connectivity index (χ4n) is 1.87. The topological polar surface area (TPSA) is 63.4 Å². The van der Waals surface area contributed by atoms with E-state index in [9.17, 15) is 17.2 Å². The Morgan fingerprint density at radius 1 is 1.20 bits per heavy atom. The lowest BCUT2D eigenvalue weighted by Gasteiger charge is -2.26. The summed E-state index contributed by atoms with van der Waals surface area (Å²) in [5, 5.41) is 0. The summed E-state index contributed by atoms with van der Waals surface area (Å²) in [6, 6.07) is 5.49. The smallest absolute Gasteiger partial charge is 0.341 e. The van der Waals surface area contributed by atoms with Crippen molar-refractivity contribution in [2.24, 2.45) is 11.7 Å². The summed E-state index contributed by atoms with van der Waals surface area (Å²) >= 11 is 0. The maximum absolute atomic E-state index is 12.4. The molecular weight excluding hydrogens is 286 g/mol. The fraction of sp³-hybridized carbons (Fsp3) is 0.538. The molecule has 0 aliphatic rings. The molecule has 0 heterocycles. The monoisotopic (exact) mass is 306 g/mol. The number of anilines is 1. The van der Waals surface area contributed by atoms with Crippen LogP contribution in [-0.2, 0) is 9.84 Å². The first-order valence-electron chi connectivity index (χ1n) is 6.36. The second-order valence-corrected chi connectivity index (χ2v) is 6.85. The third-order valence-corrected chi connectivity index (χ3v) is 4.15. The minimum Gasteiger partial charge on any atom is -0.370 e. The minimum atomic E-state index is -4.53. The van der Waals surface area contributed by atoms with Crippen LogP contribution < -0.4 is 10.6 Å². The van der Waals surface area contributed by atoms with Gasteiger partial charge < -0.3 is 10.6 Å². The number of nitrogens with zero attached hydrogens (tertiary/aromatic N) is 1. The number of nitrogens with two attached hydrogens (primary N) is 1. The molecule has 0 amide bonds. The molecule has 7 heteroatoms. The van der Waals surface area contributed by atoms with Crippen molar-refractivity contribution in [3.05, 3.63) is 24.3 Å². The van der Waals surface area contributed by atoms with Crippen LogP contribution in [0.15, 0.2) is 29.2 Å². The largest absolute Gasteiger partial charge is 0.370 e. The zero-order valence-corrected chi connectivity index (χ0v) is 12.4. The van der Waals surface area contributed by atoms with Gasteiger partial charge in [-0.15, -0.1) is 0 Å². The van der Waals surface area contributed by atoms with E-state index in [-0.39, 0.29) is 4.90 Å². The molecule has 0 aliphatic heterocycles. The van der Waals surface area contributed by atoms with Crippen molar-refractivity contribution >= 4 is 15.5 Å². The molecule has 1 aromatic rings. The highest BCUT2D eigenvalue weighted by atomic mass is 32.2. The Balaban J connectivity index is 2.99. The summed E-state index contributed by atoms with van der Waals surface area (Å²) in [6.07, 6.45) is 0. The SMILES string of the molecule is CC(C)CN(CCN)c1ccc(S(=O)(=O)C(F)F)cc1. The Kier molecular flexibility index (Phi) is 5.88. The van der Waals surface area contributed by atoms with Gasteiger partial charge in [0.1, 0.15) is 0 Å². The molecule has 4 nitrogen and oxygen atoms in total. The van der Waals surface area contributed by atoms with Gasteiger partial charge in [0, 0.05) is 25.3 Å². The van der Waals surface area contributed by atoms with Crippen LogP contribution in [0.5, 0.6) is 0 Å². The van der Waals surface area contributed by atoms with Gasteiger partial charge in [0.05, 0.1) is 4.90 Å². The number of alkyl halides is 2. The van der Waals surface area contributed by atoms with E-state index in [1.165, 1.54) is 24.3 Å². The number of sulfone groups is 1. The van der Waals surface area contributed by atoms with Gasteiger partial charge >= 0.3 is 5.76 Å². The molecule has 20 heavy (non-hydrogen) atoms. The third kappa shape index (κ3) is 4.14. The fourth-order valence-corrected chi connectivity index (χ4v) is 2.59. The molecule has 0 atom stereocenters. The van der Waals surface area contributed by atoms with E-state index >= 15 is 0 Å². The normalized spacial score (nSPS) is 12.2. The van der Waals surface area contributed by atoms with Crippen molar-refractivity contribution in [2.45, 2.75) is 24.5 Å². The first kappa shape index (κ1) is 16.8. The zero-order chi connectivity index (χ0) is 15.3. The highest BCUT2D eigenvalue weighted by Crippen LogP contribution is 2.22. The highest BCUT2D eigenvalue weighted by Gasteiger charge is 2.26. The van der Waals surface area contributed by atoms with Gasteiger partial charge in [0.15, 0.2) is 0 Å². The van der Waals surface area contributed by atoms with E-state index in [0.29, 0.717) is 19.0 Å². The summed E-state index contributed by atoms with van der Waals surface area (Å²) in [7, 11) is -4.53. The summed E-state index contributed by atoms with van der Waals surface area (Å²) in [5.41, 5.74) is 6.32. The second-order valence-electron chi connectivity index (χ2n) is 4.93. The highest BCUT2D eigenvalue weighted by molar-refractivity contribution is 7.91. The van der Waals surface area contributed by atoms with E-state index in [1.807, 2.05) is 4.90 Å². The first-order chi connectivity index (χ1) is 9.28. The van der Waals surface area contributed by atoms with Crippen molar-refractivity contribution in [1.29, 1.82) is 0 Å². The van der Waals surface area contributed by atoms with Crippen LogP contribution in [0.1, 0.15) is 13.8 Å². The third-order valence-electron chi connectivity index (χ3n) is 2.75. The van der Waals surface area contributed by atoms with Crippen LogP contribution in [0.25, 0.3) is 0 Å². The standard InChI is InChI=1S/C13H20F2N2O2S/c1-10(2)9-17(8-7-16)11-3-5-12(6-4-11)20(18,19)13(14)15/h3-6,10,13H,7-9,16H2,1-2H3. The van der Waals surface area contributed by atoms with Crippen LogP contribution in [0.3, 0.4) is 0 Å². The molecule has 1 rings (SSSR count). The molecule has 0 saturated heterocycles. The van der Waals surface area contributed by atoms with Crippen LogP contribution in [0.2, 0.25) is 0 Å². The van der Waals surface area contributed by atoms with E-state index in [0.717, 1.165) is 12.2 Å². The lowest BCUT2D eigenvalue weighted by atomic mass is 10.2. The zero-order valence-electron chi connectivity index (χ0n) is 11.6. The van der Waals surface area contributed by atoms with Gasteiger partial charge in [-0.25, -0.2) is 8.42 Å². The number of rotatable bonds is 7. The number of hydrogen-bond acceptors (Lipinski definition) is 4. The molecule has 0 aliphatic carbocycles. The van der Waals surface area contributed by atoms with Gasteiger partial charge in [0.25, 0.3) is 0 Å². The summed E-state index contributed by atoms with van der Waals surface area (Å²) in [4.78, 5) is 1.64. The molecule has 0 bridgehead atoms. The van der Waals surface area contributed by atoms with Crippen molar-refractivity contribution in [1.82, 2.24) is 0 Å². The summed E-state index contributed by atoms with van der Waals surface area (Å²) in [5.74, 6) is -2.99. The lowest BCUT2D eigenvalue weighted by Crippen LogP contribution is -2.32. The van der Waals surface area contributed by atoms with E-state index in [2.05, 4.69) is 13.8 Å². The predicted molar refractivity (Wildman–Crippen MR) is 75.7 cm³/mol. The first-order valence-corrected chi connectivity index (χ1v) is 7.90. The van der Waals surface area contributed by atoms with Crippen LogP contribution in [-0.4, -0.2) is 33.8 Å². The van der Waals surface area contributed by atoms with Gasteiger partial charge in [-0.2, -0.15) is 8.78 Å². The van der Waals surface area contributed by atoms with Gasteiger partial charge in [-0.3, -0.25) is 0 Å². The Bertz CT molecular complexity index is 516. The lowest BCUT2D eigenvalue weighted by molar-refractivity contribution is 0.234. The van der Waals surface area contributed by atoms with Crippen LogP contribution in [0.4, 0.5) is 14.5 Å². The molecular formula is C13H20F2N2O2S. The molecule has 0 aromatic heterocycles. The summed E-state index contributed by atoms with van der Waals surface area (Å²) in [6.45, 7) is 5.96. The maximum Gasteiger partial charge on any atom is 0.341 e. The molecule has 0 unspecified atom stereocenters. The maximum atomic E-state index is 12.4. The Morgan fingerprint density at radius 3 is 2.15 bits per heavy atom. The van der Waals surface area contributed by atoms with Gasteiger partial charge in [0.2, 0.25) is 9.84 Å². The minimum absolute atomic E-state index is 0.367. The number of halogens is 2. The van der Waals surface area contributed by atoms with E-state index < -0.39 is 15.6 Å². The number of benzene rings is 1. The van der Waals surface area contributed by atoms with Crippen molar-refractivity contribution in [3.63, 3.8) is 0 Å². The Hall–Kier alpha value is -1.21. The van der Waals surface area contributed by atoms with Crippen LogP contribution in [0, 0.1) is 5.92 Å². The predicted octanol–water partition coefficient (Wildman–Crippen LogP) is 2.10. The quantitative estimate of drug-likeness (QED) is 0.838. The summed E-state index contributed by atoms with van der Waals surface area (Å²) < 4.78 is 47.5. The molecule has 114 valence electrons. The van der Waals surface area contributed by atoms with Gasteiger partial charge in [-0.1, -0.05) is 13.8 Å². The Morgan fingerprint density at radius 2 is 1.75 bits per heavy atom. The molecule has 0 fully saturated rings. The molecule has 0 radical (unpaired) electrons. The number of hydrogen-bond donors (Lipinski definition) is 1. The molecule has 1 aromatic carbocycles. The van der Waals surface area contributed by atoms with Crippen molar-refractivity contribution in [2.75, 3.05) is 24.5 Å². The van der Waals surface area contributed by atoms with Crippen LogP contribution >= 0.6 is 0 Å². The molecule has 2 N–H and O–H groups in total. The van der Waals surface area contributed by atoms with E-state index in [4.69, 9.17) is 5.73 Å². The average Bonchev–Trinajstić information content (AvgIpc) is 2.37. The van der Waals surface area contributed by atoms with E-state index in [1.54, 1.807) is 0 Å².